The zero-order valence-corrected chi connectivity index (χ0v) is 18.0. The Kier molecular flexibility index (Phi) is 5.86. The van der Waals surface area contributed by atoms with Crippen molar-refractivity contribution in [2.75, 3.05) is 0 Å². The maximum absolute atomic E-state index is 13.2. The van der Waals surface area contributed by atoms with Gasteiger partial charge in [0, 0.05) is 28.4 Å². The summed E-state index contributed by atoms with van der Waals surface area (Å²) in [5.74, 6) is 0.202. The number of nitrogens with zero attached hydrogens (tertiary/aromatic N) is 3. The lowest BCUT2D eigenvalue weighted by atomic mass is 9.97. The Balaban J connectivity index is 1.64. The Morgan fingerprint density at radius 3 is 2.28 bits per heavy atom. The Morgan fingerprint density at radius 2 is 1.59 bits per heavy atom. The van der Waals surface area contributed by atoms with Crippen LogP contribution in [0.5, 0.6) is 0 Å². The fraction of sp³-hybridized carbons (Fsp3) is 0.375. The van der Waals surface area contributed by atoms with Crippen LogP contribution >= 0.6 is 11.8 Å². The van der Waals surface area contributed by atoms with Crippen molar-refractivity contribution in [2.24, 2.45) is 0 Å². The molecule has 4 nitrogen and oxygen atoms in total. The summed E-state index contributed by atoms with van der Waals surface area (Å²) in [6, 6.07) is 18.9. The van der Waals surface area contributed by atoms with Gasteiger partial charge in [0.05, 0.1) is 5.25 Å². The molecule has 1 amide bonds. The van der Waals surface area contributed by atoms with Gasteiger partial charge in [-0.05, 0) is 40.0 Å². The number of hydrogen-bond acceptors (Lipinski definition) is 4. The fourth-order valence-corrected chi connectivity index (χ4v) is 5.21. The minimum Gasteiger partial charge on any atom is -0.336 e. The zero-order chi connectivity index (χ0) is 20.4. The second kappa shape index (κ2) is 8.54. The molecule has 0 radical (unpaired) electrons. The monoisotopic (exact) mass is 405 g/mol. The molecule has 0 N–H and O–H groups in total. The lowest BCUT2D eigenvalue weighted by Gasteiger charge is -2.40. The second-order valence-corrected chi connectivity index (χ2v) is 9.23. The molecule has 0 aliphatic carbocycles. The summed E-state index contributed by atoms with van der Waals surface area (Å²) in [6.45, 7) is 6.31. The van der Waals surface area contributed by atoms with Crippen LogP contribution in [0, 0.1) is 0 Å². The Hall–Kier alpha value is -2.40. The van der Waals surface area contributed by atoms with Crippen LogP contribution in [0.15, 0.2) is 59.6 Å². The molecule has 0 unspecified atom stereocenters. The van der Waals surface area contributed by atoms with Crippen LogP contribution in [0.4, 0.5) is 0 Å². The Morgan fingerprint density at radius 1 is 0.966 bits per heavy atom. The van der Waals surface area contributed by atoms with Gasteiger partial charge in [0.25, 0.3) is 0 Å². The molecule has 0 bridgehead atoms. The number of benzene rings is 2. The van der Waals surface area contributed by atoms with Gasteiger partial charge in [-0.15, -0.1) is 10.2 Å². The quantitative estimate of drug-likeness (QED) is 0.533. The second-order valence-electron chi connectivity index (χ2n) is 7.90. The molecular formula is C24H27N3OS. The number of aromatic nitrogens is 2. The number of carbonyl (C=O) groups excluding carboxylic acids is 1. The van der Waals surface area contributed by atoms with Gasteiger partial charge in [-0.3, -0.25) is 4.79 Å². The van der Waals surface area contributed by atoms with Crippen LogP contribution in [0.2, 0.25) is 0 Å². The van der Waals surface area contributed by atoms with Gasteiger partial charge in [0.2, 0.25) is 5.91 Å². The molecule has 0 spiro atoms. The predicted octanol–water partition coefficient (Wildman–Crippen LogP) is 5.57. The van der Waals surface area contributed by atoms with Crippen molar-refractivity contribution in [3.8, 4) is 11.3 Å². The van der Waals surface area contributed by atoms with Crippen molar-refractivity contribution in [1.29, 1.82) is 0 Å². The highest BCUT2D eigenvalue weighted by molar-refractivity contribution is 8.00. The van der Waals surface area contributed by atoms with E-state index in [1.807, 2.05) is 37.3 Å². The summed E-state index contributed by atoms with van der Waals surface area (Å²) >= 11 is 1.52. The molecule has 1 aliphatic rings. The van der Waals surface area contributed by atoms with Crippen molar-refractivity contribution in [3.05, 3.63) is 54.6 Å². The van der Waals surface area contributed by atoms with E-state index in [-0.39, 0.29) is 11.2 Å². The first-order chi connectivity index (χ1) is 14.1. The molecule has 3 aromatic rings. The van der Waals surface area contributed by atoms with Gasteiger partial charge >= 0.3 is 0 Å². The van der Waals surface area contributed by atoms with Gasteiger partial charge in [0.15, 0.2) is 0 Å². The molecule has 0 saturated carbocycles. The standard InChI is InChI=1S/C24H27N3OS/c1-16-10-9-11-17(2)27(16)24(28)18(3)29-23-21-15-8-7-14-20(21)22(25-26-23)19-12-5-4-6-13-19/h4-8,12-18H,9-11H2,1-3H3/t16-,17+,18-/m1/s1. The molecule has 29 heavy (non-hydrogen) atoms. The molecule has 5 heteroatoms. The first-order valence-corrected chi connectivity index (χ1v) is 11.2. The molecule has 1 aromatic heterocycles. The normalized spacial score (nSPS) is 20.6. The molecule has 4 rings (SSSR count). The SMILES string of the molecule is C[C@@H]1CCC[C@H](C)N1C(=O)[C@@H](C)Sc1nnc(-c2ccccc2)c2ccccc12. The minimum atomic E-state index is -0.196. The van der Waals surface area contributed by atoms with Crippen LogP contribution in [-0.2, 0) is 4.79 Å². The summed E-state index contributed by atoms with van der Waals surface area (Å²) in [4.78, 5) is 15.3. The fourth-order valence-electron chi connectivity index (χ4n) is 4.26. The van der Waals surface area contributed by atoms with E-state index in [4.69, 9.17) is 0 Å². The summed E-state index contributed by atoms with van der Waals surface area (Å²) in [5.41, 5.74) is 1.93. The van der Waals surface area contributed by atoms with Crippen LogP contribution in [0.3, 0.4) is 0 Å². The Labute approximate surface area is 176 Å². The van der Waals surface area contributed by atoms with Gasteiger partial charge in [-0.2, -0.15) is 0 Å². The average Bonchev–Trinajstić information content (AvgIpc) is 2.74. The third kappa shape index (κ3) is 4.01. The number of amides is 1. The van der Waals surface area contributed by atoms with Gasteiger partial charge < -0.3 is 4.90 Å². The van der Waals surface area contributed by atoms with Crippen molar-refractivity contribution >= 4 is 28.4 Å². The van der Waals surface area contributed by atoms with E-state index < -0.39 is 0 Å². The number of fused-ring (bicyclic) bond motifs is 1. The lowest BCUT2D eigenvalue weighted by Crippen LogP contribution is -2.50. The van der Waals surface area contributed by atoms with E-state index in [0.717, 1.165) is 39.9 Å². The van der Waals surface area contributed by atoms with Crippen LogP contribution in [0.25, 0.3) is 22.0 Å². The van der Waals surface area contributed by atoms with Crippen molar-refractivity contribution in [1.82, 2.24) is 15.1 Å². The topological polar surface area (TPSA) is 46.1 Å². The number of rotatable bonds is 4. The highest BCUT2D eigenvalue weighted by Crippen LogP contribution is 2.34. The van der Waals surface area contributed by atoms with E-state index in [1.165, 1.54) is 18.2 Å². The summed E-state index contributed by atoms with van der Waals surface area (Å²) < 4.78 is 0. The van der Waals surface area contributed by atoms with Gasteiger partial charge in [0.1, 0.15) is 10.7 Å². The van der Waals surface area contributed by atoms with E-state index in [0.29, 0.717) is 12.1 Å². The molecule has 1 saturated heterocycles. The summed E-state index contributed by atoms with van der Waals surface area (Å²) in [6.07, 6.45) is 3.37. The molecule has 3 atom stereocenters. The van der Waals surface area contributed by atoms with E-state index in [9.17, 15) is 4.79 Å². The molecule has 2 aromatic carbocycles. The largest absolute Gasteiger partial charge is 0.336 e. The minimum absolute atomic E-state index is 0.196. The average molecular weight is 406 g/mol. The zero-order valence-electron chi connectivity index (χ0n) is 17.2. The van der Waals surface area contributed by atoms with Crippen LogP contribution < -0.4 is 0 Å². The molecule has 1 fully saturated rings. The van der Waals surface area contributed by atoms with Crippen LogP contribution in [-0.4, -0.2) is 38.3 Å². The van der Waals surface area contributed by atoms with Crippen molar-refractivity contribution in [2.45, 2.75) is 62.4 Å². The maximum atomic E-state index is 13.2. The third-order valence-electron chi connectivity index (χ3n) is 5.78. The molecule has 2 heterocycles. The lowest BCUT2D eigenvalue weighted by molar-refractivity contribution is -0.136. The highest BCUT2D eigenvalue weighted by atomic mass is 32.2. The first kappa shape index (κ1) is 19.9. The summed E-state index contributed by atoms with van der Waals surface area (Å²) in [7, 11) is 0. The highest BCUT2D eigenvalue weighted by Gasteiger charge is 2.32. The van der Waals surface area contributed by atoms with Crippen molar-refractivity contribution in [3.63, 3.8) is 0 Å². The third-order valence-corrected chi connectivity index (χ3v) is 6.86. The maximum Gasteiger partial charge on any atom is 0.236 e. The van der Waals surface area contributed by atoms with Gasteiger partial charge in [-0.1, -0.05) is 66.4 Å². The number of thioether (sulfide) groups is 1. The van der Waals surface area contributed by atoms with E-state index in [2.05, 4.69) is 53.2 Å². The smallest absolute Gasteiger partial charge is 0.236 e. The van der Waals surface area contributed by atoms with E-state index >= 15 is 0 Å². The number of likely N-dealkylation sites (tertiary alicyclic amines) is 1. The predicted molar refractivity (Wildman–Crippen MR) is 120 cm³/mol. The molecular weight excluding hydrogens is 378 g/mol. The first-order valence-electron chi connectivity index (χ1n) is 10.4. The molecule has 1 aliphatic heterocycles. The van der Waals surface area contributed by atoms with Crippen LogP contribution in [0.1, 0.15) is 40.0 Å². The van der Waals surface area contributed by atoms with E-state index in [1.54, 1.807) is 0 Å². The summed E-state index contributed by atoms with van der Waals surface area (Å²) in [5, 5.41) is 11.8. The van der Waals surface area contributed by atoms with Gasteiger partial charge in [-0.25, -0.2) is 0 Å². The number of carbonyl (C=O) groups is 1. The number of hydrogen-bond donors (Lipinski definition) is 0. The Bertz CT molecular complexity index is 997. The molecule has 150 valence electrons. The van der Waals surface area contributed by atoms with Crippen molar-refractivity contribution < 1.29 is 4.79 Å². The number of piperidine rings is 1.